The summed E-state index contributed by atoms with van der Waals surface area (Å²) in [5.41, 5.74) is 3.55. The largest absolute Gasteiger partial charge is 0.462 e. The molecule has 3 aliphatic rings. The van der Waals surface area contributed by atoms with Crippen LogP contribution in [0.1, 0.15) is 106 Å². The van der Waals surface area contributed by atoms with Crippen molar-refractivity contribution in [3.05, 3.63) is 118 Å². The number of piperazine rings is 1. The van der Waals surface area contributed by atoms with Gasteiger partial charge in [0.2, 0.25) is 5.91 Å². The van der Waals surface area contributed by atoms with Crippen LogP contribution in [0, 0.1) is 0 Å². The maximum absolute atomic E-state index is 13.4. The molecule has 9 nitrogen and oxygen atoms in total. The van der Waals surface area contributed by atoms with Gasteiger partial charge in [0, 0.05) is 49.7 Å². The van der Waals surface area contributed by atoms with Gasteiger partial charge < -0.3 is 14.4 Å². The Labute approximate surface area is 360 Å². The molecule has 2 aliphatic heterocycles. The van der Waals surface area contributed by atoms with Crippen LogP contribution in [-0.2, 0) is 36.7 Å². The molecule has 5 rings (SSSR count). The van der Waals surface area contributed by atoms with E-state index in [1.165, 1.54) is 15.3 Å². The van der Waals surface area contributed by atoms with E-state index in [-0.39, 0.29) is 25.4 Å². The number of fused-ring (bicyclic) bond motifs is 2. The van der Waals surface area contributed by atoms with Crippen LogP contribution in [0.15, 0.2) is 91.1 Å². The monoisotopic (exact) mass is 840 g/mol. The number of anilines is 2. The van der Waals surface area contributed by atoms with Crippen LogP contribution in [0.3, 0.4) is 0 Å². The van der Waals surface area contributed by atoms with Crippen LogP contribution in [0.25, 0.3) is 6.08 Å². The van der Waals surface area contributed by atoms with Crippen molar-refractivity contribution < 1.29 is 23.9 Å². The van der Waals surface area contributed by atoms with Gasteiger partial charge in [0.1, 0.15) is 5.82 Å². The highest BCUT2D eigenvalue weighted by Gasteiger charge is 2.41. The number of carbonyl (C=O) groups excluding carboxylic acids is 3. The van der Waals surface area contributed by atoms with Gasteiger partial charge in [-0.25, -0.2) is 4.79 Å². The fourth-order valence-corrected chi connectivity index (χ4v) is 8.57. The molecule has 0 N–H and O–H groups in total. The smallest absolute Gasteiger partial charge is 0.369 e. The number of aromatic nitrogens is 1. The van der Waals surface area contributed by atoms with Crippen LogP contribution < -0.4 is 9.80 Å². The van der Waals surface area contributed by atoms with Gasteiger partial charge in [-0.2, -0.15) is 4.37 Å². The summed E-state index contributed by atoms with van der Waals surface area (Å²) < 4.78 is 15.7. The molecular weight excluding hydrogens is 780 g/mol. The Morgan fingerprint density at radius 3 is 2.15 bits per heavy atom. The normalized spacial score (nSPS) is 17.8. The number of halogens is 1. The molecule has 1 saturated heterocycles. The predicted molar refractivity (Wildman–Crippen MR) is 243 cm³/mol. The number of hydrogen-bond acceptors (Lipinski definition) is 9. The summed E-state index contributed by atoms with van der Waals surface area (Å²) in [6.45, 7) is 10.7. The second-order valence-electron chi connectivity index (χ2n) is 15.0. The molecule has 0 radical (unpaired) electrons. The van der Waals surface area contributed by atoms with Gasteiger partial charge in [-0.15, -0.1) is 0 Å². The van der Waals surface area contributed by atoms with E-state index in [4.69, 9.17) is 25.4 Å². The molecule has 316 valence electrons. The molecule has 3 heterocycles. The lowest BCUT2D eigenvalue weighted by molar-refractivity contribution is -0.168. The molecular formula is C48H61ClN4O5S. The Morgan fingerprint density at radius 2 is 1.53 bits per heavy atom. The molecule has 1 fully saturated rings. The van der Waals surface area contributed by atoms with E-state index in [2.05, 4.69) is 96.6 Å². The third-order valence-electron chi connectivity index (χ3n) is 10.6. The van der Waals surface area contributed by atoms with Crippen molar-refractivity contribution in [1.82, 2.24) is 9.27 Å². The average molecular weight is 842 g/mol. The zero-order chi connectivity index (χ0) is 41.8. The maximum atomic E-state index is 13.4. The second-order valence-corrected chi connectivity index (χ2v) is 16.2. The summed E-state index contributed by atoms with van der Waals surface area (Å²) in [6.07, 6.45) is 36.4. The third-order valence-corrected chi connectivity index (χ3v) is 11.7. The minimum atomic E-state index is -1.53. The number of carbonyl (C=O) groups is 3. The first kappa shape index (κ1) is 45.6. The minimum absolute atomic E-state index is 0.0589. The van der Waals surface area contributed by atoms with E-state index in [9.17, 15) is 14.4 Å². The van der Waals surface area contributed by atoms with Gasteiger partial charge in [-0.05, 0) is 105 Å². The van der Waals surface area contributed by atoms with Gasteiger partial charge in [-0.3, -0.25) is 19.4 Å². The fraction of sp³-hybridized carbons (Fsp3) is 0.458. The van der Waals surface area contributed by atoms with Crippen molar-refractivity contribution in [3.63, 3.8) is 0 Å². The average Bonchev–Trinajstić information content (AvgIpc) is 3.81. The lowest BCUT2D eigenvalue weighted by Crippen LogP contribution is -2.47. The maximum Gasteiger partial charge on any atom is 0.369 e. The van der Waals surface area contributed by atoms with Crippen LogP contribution in [0.2, 0.25) is 5.02 Å². The number of ether oxygens (including phenoxy) is 2. The predicted octanol–water partition coefficient (Wildman–Crippen LogP) is 10.5. The number of hydrogen-bond donors (Lipinski definition) is 0. The van der Waals surface area contributed by atoms with Crippen molar-refractivity contribution in [2.75, 3.05) is 49.1 Å². The Kier molecular flexibility index (Phi) is 19.0. The highest BCUT2D eigenvalue weighted by atomic mass is 35.5. The summed E-state index contributed by atoms with van der Waals surface area (Å²) in [4.78, 5) is 46.9. The van der Waals surface area contributed by atoms with Crippen molar-refractivity contribution >= 4 is 58.6 Å². The van der Waals surface area contributed by atoms with Crippen molar-refractivity contribution in [3.8, 4) is 0 Å². The molecule has 2 aromatic rings. The quantitative estimate of drug-likeness (QED) is 0.0855. The van der Waals surface area contributed by atoms with Gasteiger partial charge in [-0.1, -0.05) is 111 Å². The molecule has 1 aromatic heterocycles. The molecule has 1 aromatic carbocycles. The van der Waals surface area contributed by atoms with E-state index < -0.39 is 18.2 Å². The van der Waals surface area contributed by atoms with Crippen LogP contribution in [-0.4, -0.2) is 72.7 Å². The lowest BCUT2D eigenvalue weighted by atomic mass is 9.93. The number of amides is 1. The van der Waals surface area contributed by atoms with Crippen LogP contribution in [0.4, 0.5) is 11.5 Å². The van der Waals surface area contributed by atoms with Gasteiger partial charge in [0.05, 0.1) is 23.6 Å². The van der Waals surface area contributed by atoms with Gasteiger partial charge >= 0.3 is 11.9 Å². The van der Waals surface area contributed by atoms with Crippen molar-refractivity contribution in [2.45, 2.75) is 104 Å². The Balaban J connectivity index is 1.05. The SMILES string of the molecule is CC/C=C\C/C=C\C/C=C\C/C=C\C/C=C\C/C=C\CCC(=O)OC(C(=O)OCC)N1C(=O)Cc2cc(CCN3CCN(c4nsc5c4C(C)CC=C5)CC3)c(Cl)cc21. The molecule has 2 unspecified atom stereocenters. The topological polar surface area (TPSA) is 92.3 Å². The minimum Gasteiger partial charge on any atom is -0.462 e. The molecule has 11 heteroatoms. The first-order valence-electron chi connectivity index (χ1n) is 21.3. The van der Waals surface area contributed by atoms with Gasteiger partial charge in [0.25, 0.3) is 6.23 Å². The fourth-order valence-electron chi connectivity index (χ4n) is 7.37. The van der Waals surface area contributed by atoms with E-state index in [1.54, 1.807) is 24.5 Å². The summed E-state index contributed by atoms with van der Waals surface area (Å²) in [7, 11) is 0. The second kappa shape index (κ2) is 24.5. The molecule has 0 saturated carbocycles. The number of benzene rings is 1. The van der Waals surface area contributed by atoms with Crippen LogP contribution in [0.5, 0.6) is 0 Å². The summed E-state index contributed by atoms with van der Waals surface area (Å²) in [6, 6.07) is 3.67. The zero-order valence-electron chi connectivity index (χ0n) is 35.0. The van der Waals surface area contributed by atoms with E-state index in [0.717, 1.165) is 101 Å². The first-order valence-corrected chi connectivity index (χ1v) is 22.5. The Bertz CT molecular complexity index is 1920. The summed E-state index contributed by atoms with van der Waals surface area (Å²) in [5, 5.41) is 0.504. The van der Waals surface area contributed by atoms with E-state index in [1.807, 2.05) is 18.2 Å². The molecule has 2 atom stereocenters. The number of rotatable bonds is 22. The van der Waals surface area contributed by atoms with Crippen molar-refractivity contribution in [2.24, 2.45) is 0 Å². The van der Waals surface area contributed by atoms with Crippen molar-refractivity contribution in [1.29, 1.82) is 0 Å². The number of allylic oxidation sites excluding steroid dienone is 13. The number of esters is 2. The molecule has 0 spiro atoms. The molecule has 1 aliphatic carbocycles. The van der Waals surface area contributed by atoms with E-state index in [0.29, 0.717) is 23.0 Å². The lowest BCUT2D eigenvalue weighted by Gasteiger charge is -2.36. The first-order chi connectivity index (χ1) is 28.8. The number of nitrogens with zero attached hydrogens (tertiary/aromatic N) is 4. The van der Waals surface area contributed by atoms with E-state index >= 15 is 0 Å². The molecule has 59 heavy (non-hydrogen) atoms. The van der Waals surface area contributed by atoms with Crippen LogP contribution >= 0.6 is 23.1 Å². The highest BCUT2D eigenvalue weighted by molar-refractivity contribution is 7.07. The molecule has 1 amide bonds. The standard InChI is InChI=1S/C48H61ClN4O5S/c1-4-6-7-8-9-10-11-12-13-14-15-16-17-18-19-20-21-22-23-27-44(55)58-47(48(56)57-5-2)53-41-36-40(49)38(34-39(41)35-43(53)54)28-29-51-30-32-52(33-31-51)46-45-37(3)25-24-26-42(45)59-50-46/h6-7,9-10,12-13,15-16,18-19,21-22,24,26,34,36-37,47H,4-5,8,11,14,17,20,23,25,27-33,35H2,1-3H3/b7-6-,10-9-,13-12-,16-15-,19-18-,22-21-. The van der Waals surface area contributed by atoms with Gasteiger partial charge in [0.15, 0.2) is 0 Å². The summed E-state index contributed by atoms with van der Waals surface area (Å²) >= 11 is 8.43. The third kappa shape index (κ3) is 13.8. The Morgan fingerprint density at radius 1 is 0.898 bits per heavy atom. The Hall–Kier alpha value is -4.51. The molecule has 0 bridgehead atoms. The summed E-state index contributed by atoms with van der Waals surface area (Å²) in [5.74, 6) is -0.0903. The zero-order valence-corrected chi connectivity index (χ0v) is 36.6. The highest BCUT2D eigenvalue weighted by Crippen LogP contribution is 2.40.